The van der Waals surface area contributed by atoms with Gasteiger partial charge < -0.3 is 9.47 Å². The van der Waals surface area contributed by atoms with Crippen molar-refractivity contribution in [1.82, 2.24) is 0 Å². The highest BCUT2D eigenvalue weighted by Gasteiger charge is 2.21. The summed E-state index contributed by atoms with van der Waals surface area (Å²) in [6, 6.07) is 5.50. The molecule has 2 fully saturated rings. The summed E-state index contributed by atoms with van der Waals surface area (Å²) in [6.45, 7) is 0. The molecule has 1 aromatic carbocycles. The van der Waals surface area contributed by atoms with Gasteiger partial charge in [-0.25, -0.2) is 0 Å². The van der Waals surface area contributed by atoms with Gasteiger partial charge in [0.1, 0.15) is 6.29 Å². The van der Waals surface area contributed by atoms with E-state index >= 15 is 0 Å². The number of ether oxygens (including phenoxy) is 2. The van der Waals surface area contributed by atoms with Crippen LogP contribution in [0.5, 0.6) is 11.5 Å². The average Bonchev–Trinajstić information content (AvgIpc) is 3.14. The second kappa shape index (κ2) is 6.29. The van der Waals surface area contributed by atoms with Gasteiger partial charge in [0, 0.05) is 5.56 Å². The van der Waals surface area contributed by atoms with Gasteiger partial charge in [-0.05, 0) is 69.6 Å². The first kappa shape index (κ1) is 13.5. The van der Waals surface area contributed by atoms with Crippen molar-refractivity contribution in [1.29, 1.82) is 0 Å². The van der Waals surface area contributed by atoms with E-state index in [2.05, 4.69) is 0 Å². The summed E-state index contributed by atoms with van der Waals surface area (Å²) >= 11 is 0. The maximum atomic E-state index is 11.0. The lowest BCUT2D eigenvalue weighted by Crippen LogP contribution is -2.15. The predicted molar refractivity (Wildman–Crippen MR) is 77.6 cm³/mol. The summed E-state index contributed by atoms with van der Waals surface area (Å²) < 4.78 is 12.2. The van der Waals surface area contributed by atoms with Gasteiger partial charge in [0.15, 0.2) is 11.5 Å². The summed E-state index contributed by atoms with van der Waals surface area (Å²) in [5.41, 5.74) is 0.650. The Morgan fingerprint density at radius 2 is 1.40 bits per heavy atom. The van der Waals surface area contributed by atoms with Crippen LogP contribution in [0.4, 0.5) is 0 Å². The first-order valence-corrected chi connectivity index (χ1v) is 7.78. The number of hydrogen-bond acceptors (Lipinski definition) is 3. The number of hydrogen-bond donors (Lipinski definition) is 0. The normalized spacial score (nSPS) is 20.2. The minimum atomic E-state index is 0.280. The third-order valence-electron chi connectivity index (χ3n) is 4.30. The Kier molecular flexibility index (Phi) is 4.24. The zero-order valence-electron chi connectivity index (χ0n) is 11.8. The van der Waals surface area contributed by atoms with Crippen LogP contribution in [0.1, 0.15) is 61.7 Å². The average molecular weight is 274 g/mol. The highest BCUT2D eigenvalue weighted by molar-refractivity contribution is 5.76. The van der Waals surface area contributed by atoms with Gasteiger partial charge in [0.05, 0.1) is 12.2 Å². The van der Waals surface area contributed by atoms with Gasteiger partial charge >= 0.3 is 0 Å². The summed E-state index contributed by atoms with van der Waals surface area (Å²) in [6.07, 6.45) is 10.9. The van der Waals surface area contributed by atoms with E-state index in [1.54, 1.807) is 6.07 Å². The Bertz CT molecular complexity index is 457. The van der Waals surface area contributed by atoms with Crippen LogP contribution in [0, 0.1) is 0 Å². The monoisotopic (exact) mass is 274 g/mol. The summed E-state index contributed by atoms with van der Waals surface area (Å²) in [5, 5.41) is 0. The first-order valence-electron chi connectivity index (χ1n) is 7.78. The number of rotatable bonds is 5. The second-order valence-corrected chi connectivity index (χ2v) is 5.87. The third-order valence-corrected chi connectivity index (χ3v) is 4.30. The van der Waals surface area contributed by atoms with Gasteiger partial charge in [0.25, 0.3) is 0 Å². The minimum absolute atomic E-state index is 0.280. The van der Waals surface area contributed by atoms with Crippen LogP contribution in [0.3, 0.4) is 0 Å². The summed E-state index contributed by atoms with van der Waals surface area (Å²) in [7, 11) is 0. The van der Waals surface area contributed by atoms with E-state index in [0.29, 0.717) is 11.7 Å². The van der Waals surface area contributed by atoms with E-state index in [4.69, 9.17) is 9.47 Å². The molecule has 0 aliphatic heterocycles. The standard InChI is InChI=1S/C17H22O3/c18-12-13-9-10-16(19-14-5-1-2-6-14)17(11-13)20-15-7-3-4-8-15/h9-12,14-15H,1-8H2. The van der Waals surface area contributed by atoms with Gasteiger partial charge in [-0.2, -0.15) is 0 Å². The molecule has 20 heavy (non-hydrogen) atoms. The summed E-state index contributed by atoms with van der Waals surface area (Å²) in [5.74, 6) is 1.54. The molecule has 108 valence electrons. The van der Waals surface area contributed by atoms with E-state index in [-0.39, 0.29) is 6.10 Å². The van der Waals surface area contributed by atoms with E-state index < -0.39 is 0 Å². The van der Waals surface area contributed by atoms with Crippen LogP contribution in [-0.2, 0) is 0 Å². The molecule has 0 bridgehead atoms. The second-order valence-electron chi connectivity index (χ2n) is 5.87. The van der Waals surface area contributed by atoms with Gasteiger partial charge in [-0.1, -0.05) is 0 Å². The fourth-order valence-electron chi connectivity index (χ4n) is 3.16. The number of carbonyl (C=O) groups excluding carboxylic acids is 1. The van der Waals surface area contributed by atoms with Crippen molar-refractivity contribution < 1.29 is 14.3 Å². The lowest BCUT2D eigenvalue weighted by Gasteiger charge is -2.20. The number of benzene rings is 1. The molecule has 0 spiro atoms. The highest BCUT2D eigenvalue weighted by atomic mass is 16.5. The zero-order valence-corrected chi connectivity index (χ0v) is 11.8. The minimum Gasteiger partial charge on any atom is -0.487 e. The largest absolute Gasteiger partial charge is 0.487 e. The quantitative estimate of drug-likeness (QED) is 0.757. The maximum absolute atomic E-state index is 11.0. The van der Waals surface area contributed by atoms with Gasteiger partial charge in [0.2, 0.25) is 0 Å². The molecule has 0 aromatic heterocycles. The third kappa shape index (κ3) is 3.14. The van der Waals surface area contributed by atoms with Gasteiger partial charge in [-0.3, -0.25) is 4.79 Å². The van der Waals surface area contributed by atoms with Crippen molar-refractivity contribution in [3.8, 4) is 11.5 Å². The lowest BCUT2D eigenvalue weighted by atomic mass is 10.2. The van der Waals surface area contributed by atoms with Crippen LogP contribution in [-0.4, -0.2) is 18.5 Å². The van der Waals surface area contributed by atoms with Crippen molar-refractivity contribution in [2.75, 3.05) is 0 Å². The van der Waals surface area contributed by atoms with Crippen LogP contribution in [0.25, 0.3) is 0 Å². The fourth-order valence-corrected chi connectivity index (χ4v) is 3.16. The predicted octanol–water partition coefficient (Wildman–Crippen LogP) is 4.14. The molecule has 0 N–H and O–H groups in total. The molecule has 2 aliphatic carbocycles. The first-order chi connectivity index (χ1) is 9.85. The van der Waals surface area contributed by atoms with Crippen molar-refractivity contribution in [3.05, 3.63) is 23.8 Å². The summed E-state index contributed by atoms with van der Waals surface area (Å²) in [4.78, 5) is 11.0. The van der Waals surface area contributed by atoms with E-state index in [0.717, 1.165) is 43.5 Å². The molecule has 2 saturated carbocycles. The van der Waals surface area contributed by atoms with Crippen LogP contribution < -0.4 is 9.47 Å². The van der Waals surface area contributed by atoms with Crippen molar-refractivity contribution in [2.45, 2.75) is 63.6 Å². The molecule has 0 heterocycles. The number of aldehydes is 1. The molecule has 3 rings (SSSR count). The smallest absolute Gasteiger partial charge is 0.162 e. The molecule has 0 unspecified atom stereocenters. The van der Waals surface area contributed by atoms with Crippen LogP contribution in [0.2, 0.25) is 0 Å². The Morgan fingerprint density at radius 1 is 0.850 bits per heavy atom. The highest BCUT2D eigenvalue weighted by Crippen LogP contribution is 2.35. The van der Waals surface area contributed by atoms with E-state index in [1.807, 2.05) is 12.1 Å². The van der Waals surface area contributed by atoms with Crippen LogP contribution >= 0.6 is 0 Å². The Balaban J connectivity index is 1.76. The lowest BCUT2D eigenvalue weighted by molar-refractivity contribution is 0.112. The SMILES string of the molecule is O=Cc1ccc(OC2CCCC2)c(OC2CCCC2)c1. The molecule has 1 aromatic rings. The zero-order chi connectivity index (χ0) is 13.8. The molecule has 0 saturated heterocycles. The molecule has 0 atom stereocenters. The fraction of sp³-hybridized carbons (Fsp3) is 0.588. The van der Waals surface area contributed by atoms with Crippen LogP contribution in [0.15, 0.2) is 18.2 Å². The van der Waals surface area contributed by atoms with Crippen molar-refractivity contribution in [3.63, 3.8) is 0 Å². The van der Waals surface area contributed by atoms with E-state index in [1.165, 1.54) is 25.7 Å². The number of carbonyl (C=O) groups is 1. The molecular weight excluding hydrogens is 252 g/mol. The van der Waals surface area contributed by atoms with Gasteiger partial charge in [-0.15, -0.1) is 0 Å². The molecule has 3 heteroatoms. The molecule has 2 aliphatic rings. The molecular formula is C17H22O3. The molecule has 0 radical (unpaired) electrons. The Morgan fingerprint density at radius 3 is 1.95 bits per heavy atom. The molecule has 0 amide bonds. The maximum Gasteiger partial charge on any atom is 0.162 e. The Hall–Kier alpha value is -1.51. The Labute approximate surface area is 120 Å². The van der Waals surface area contributed by atoms with E-state index in [9.17, 15) is 4.79 Å². The van der Waals surface area contributed by atoms with Crippen molar-refractivity contribution >= 4 is 6.29 Å². The molecule has 3 nitrogen and oxygen atoms in total. The topological polar surface area (TPSA) is 35.5 Å². The van der Waals surface area contributed by atoms with Crippen molar-refractivity contribution in [2.24, 2.45) is 0 Å².